The molecule has 32 heavy (non-hydrogen) atoms. The highest BCUT2D eigenvalue weighted by Crippen LogP contribution is 2.27. The molecular formula is C22H24N4O5S. The first-order valence-electron chi connectivity index (χ1n) is 10.2. The van der Waals surface area contributed by atoms with E-state index in [1.54, 1.807) is 62.6 Å². The molecule has 0 radical (unpaired) electrons. The smallest absolute Gasteiger partial charge is 0.243 e. The van der Waals surface area contributed by atoms with Gasteiger partial charge in [0.05, 0.1) is 12.0 Å². The van der Waals surface area contributed by atoms with Crippen molar-refractivity contribution in [3.8, 4) is 17.1 Å². The van der Waals surface area contributed by atoms with E-state index in [-0.39, 0.29) is 29.8 Å². The lowest BCUT2D eigenvalue weighted by molar-refractivity contribution is -0.120. The van der Waals surface area contributed by atoms with Crippen molar-refractivity contribution in [2.24, 2.45) is 5.92 Å². The van der Waals surface area contributed by atoms with Gasteiger partial charge in [0.2, 0.25) is 27.6 Å². The highest BCUT2D eigenvalue weighted by atomic mass is 32.2. The third kappa shape index (κ3) is 4.66. The number of methoxy groups -OCH3 is 1. The molecular weight excluding hydrogens is 432 g/mol. The highest BCUT2D eigenvalue weighted by molar-refractivity contribution is 7.89. The minimum atomic E-state index is -3.70. The predicted octanol–water partition coefficient (Wildman–Crippen LogP) is 3.09. The number of aryl methyl sites for hydroxylation is 1. The van der Waals surface area contributed by atoms with Crippen LogP contribution in [0, 0.1) is 12.8 Å². The van der Waals surface area contributed by atoms with Crippen molar-refractivity contribution in [1.82, 2.24) is 14.4 Å². The fourth-order valence-electron chi connectivity index (χ4n) is 3.64. The fraction of sp³-hybridized carbons (Fsp3) is 0.318. The molecule has 0 aliphatic carbocycles. The van der Waals surface area contributed by atoms with Crippen molar-refractivity contribution in [3.63, 3.8) is 0 Å². The topological polar surface area (TPSA) is 115 Å². The Kier molecular flexibility index (Phi) is 6.24. The van der Waals surface area contributed by atoms with Gasteiger partial charge in [0.1, 0.15) is 5.75 Å². The molecule has 0 atom stereocenters. The molecule has 0 unspecified atom stereocenters. The fourth-order valence-corrected chi connectivity index (χ4v) is 5.15. The van der Waals surface area contributed by atoms with Gasteiger partial charge in [-0.3, -0.25) is 4.79 Å². The third-order valence-electron chi connectivity index (χ3n) is 5.44. The number of benzene rings is 2. The largest absolute Gasteiger partial charge is 0.497 e. The molecule has 0 spiro atoms. The van der Waals surface area contributed by atoms with Crippen molar-refractivity contribution < 1.29 is 22.5 Å². The average Bonchev–Trinajstić information content (AvgIpc) is 3.26. The molecule has 4 rings (SSSR count). The Morgan fingerprint density at radius 1 is 1.16 bits per heavy atom. The van der Waals surface area contributed by atoms with Gasteiger partial charge in [-0.05, 0) is 49.2 Å². The lowest BCUT2D eigenvalue weighted by atomic mass is 9.97. The molecule has 0 bridgehead atoms. The van der Waals surface area contributed by atoms with Crippen molar-refractivity contribution in [3.05, 3.63) is 54.4 Å². The van der Waals surface area contributed by atoms with Crippen LogP contribution in [-0.4, -0.2) is 49.0 Å². The molecule has 1 N–H and O–H groups in total. The number of rotatable bonds is 6. The van der Waals surface area contributed by atoms with Crippen LogP contribution >= 0.6 is 0 Å². The lowest BCUT2D eigenvalue weighted by Crippen LogP contribution is -2.41. The molecule has 1 fully saturated rings. The quantitative estimate of drug-likeness (QED) is 0.606. The van der Waals surface area contributed by atoms with E-state index in [1.807, 2.05) is 0 Å². The predicted molar refractivity (Wildman–Crippen MR) is 118 cm³/mol. The Morgan fingerprint density at radius 3 is 2.50 bits per heavy atom. The maximum Gasteiger partial charge on any atom is 0.243 e. The number of carbonyl (C=O) groups is 1. The standard InChI is InChI=1S/C22H24N4O5S/c1-15-23-21(25-31-15)17-4-3-5-20(14-17)32(28,29)26-12-10-16(11-13-26)22(27)24-18-6-8-19(30-2)9-7-18/h3-9,14,16H,10-13H2,1-2H3,(H,24,27). The summed E-state index contributed by atoms with van der Waals surface area (Å²) in [4.78, 5) is 16.9. The van der Waals surface area contributed by atoms with E-state index >= 15 is 0 Å². The number of piperidine rings is 1. The Hall–Kier alpha value is -3.24. The first-order valence-corrected chi connectivity index (χ1v) is 11.7. The first-order chi connectivity index (χ1) is 15.4. The van der Waals surface area contributed by atoms with Crippen LogP contribution in [0.3, 0.4) is 0 Å². The molecule has 1 aliphatic heterocycles. The van der Waals surface area contributed by atoms with Crippen LogP contribution in [0.15, 0.2) is 57.9 Å². The van der Waals surface area contributed by atoms with Crippen LogP contribution in [-0.2, 0) is 14.8 Å². The van der Waals surface area contributed by atoms with E-state index in [2.05, 4.69) is 15.5 Å². The number of aromatic nitrogens is 2. The van der Waals surface area contributed by atoms with Gasteiger partial charge in [-0.25, -0.2) is 8.42 Å². The molecule has 10 heteroatoms. The number of ether oxygens (including phenoxy) is 1. The third-order valence-corrected chi connectivity index (χ3v) is 7.33. The van der Waals surface area contributed by atoms with Gasteiger partial charge < -0.3 is 14.6 Å². The number of nitrogens with zero attached hydrogens (tertiary/aromatic N) is 3. The minimum Gasteiger partial charge on any atom is -0.497 e. The van der Waals surface area contributed by atoms with Gasteiger partial charge in [0.25, 0.3) is 0 Å². The Morgan fingerprint density at radius 2 is 1.88 bits per heavy atom. The molecule has 9 nitrogen and oxygen atoms in total. The summed E-state index contributed by atoms with van der Waals surface area (Å²) in [5, 5.41) is 6.74. The molecule has 3 aromatic rings. The molecule has 0 saturated carbocycles. The Balaban J connectivity index is 1.40. The Bertz CT molecular complexity index is 1200. The summed E-state index contributed by atoms with van der Waals surface area (Å²) < 4.78 is 37.8. The van der Waals surface area contributed by atoms with Gasteiger partial charge in [0.15, 0.2) is 0 Å². The first kappa shape index (κ1) is 22.0. The number of nitrogens with one attached hydrogen (secondary N) is 1. The van der Waals surface area contributed by atoms with E-state index in [9.17, 15) is 13.2 Å². The maximum atomic E-state index is 13.2. The van der Waals surface area contributed by atoms with Crippen molar-refractivity contribution in [2.45, 2.75) is 24.7 Å². The summed E-state index contributed by atoms with van der Waals surface area (Å²) >= 11 is 0. The van der Waals surface area contributed by atoms with E-state index < -0.39 is 10.0 Å². The van der Waals surface area contributed by atoms with E-state index in [0.717, 1.165) is 0 Å². The number of carbonyl (C=O) groups excluding carboxylic acids is 1. The van der Waals surface area contributed by atoms with Crippen LogP contribution in [0.1, 0.15) is 18.7 Å². The van der Waals surface area contributed by atoms with Gasteiger partial charge in [-0.2, -0.15) is 9.29 Å². The maximum absolute atomic E-state index is 13.2. The summed E-state index contributed by atoms with van der Waals surface area (Å²) in [5.41, 5.74) is 1.25. The molecule has 2 aromatic carbocycles. The van der Waals surface area contributed by atoms with E-state index in [1.165, 1.54) is 4.31 Å². The van der Waals surface area contributed by atoms with Crippen LogP contribution < -0.4 is 10.1 Å². The average molecular weight is 457 g/mol. The summed E-state index contributed by atoms with van der Waals surface area (Å²) in [5.74, 6) is 1.09. The number of anilines is 1. The second-order valence-corrected chi connectivity index (χ2v) is 9.50. The summed E-state index contributed by atoms with van der Waals surface area (Å²) in [6, 6.07) is 13.6. The van der Waals surface area contributed by atoms with Crippen molar-refractivity contribution >= 4 is 21.6 Å². The zero-order chi connectivity index (χ0) is 22.7. The molecule has 1 aromatic heterocycles. The second-order valence-electron chi connectivity index (χ2n) is 7.56. The minimum absolute atomic E-state index is 0.110. The van der Waals surface area contributed by atoms with E-state index in [4.69, 9.17) is 9.26 Å². The summed E-state index contributed by atoms with van der Waals surface area (Å²) in [6.07, 6.45) is 0.899. The summed E-state index contributed by atoms with van der Waals surface area (Å²) in [7, 11) is -2.12. The molecule has 1 aliphatic rings. The van der Waals surface area contributed by atoms with Gasteiger partial charge in [-0.1, -0.05) is 17.3 Å². The normalized spacial score (nSPS) is 15.4. The van der Waals surface area contributed by atoms with Crippen LogP contribution in [0.25, 0.3) is 11.4 Å². The Labute approximate surface area is 186 Å². The number of amides is 1. The zero-order valence-electron chi connectivity index (χ0n) is 17.8. The highest BCUT2D eigenvalue weighted by Gasteiger charge is 2.32. The molecule has 1 amide bonds. The molecule has 1 saturated heterocycles. The van der Waals surface area contributed by atoms with Crippen LogP contribution in [0.5, 0.6) is 5.75 Å². The monoisotopic (exact) mass is 456 g/mol. The van der Waals surface area contributed by atoms with Gasteiger partial charge >= 0.3 is 0 Å². The van der Waals surface area contributed by atoms with Crippen molar-refractivity contribution in [1.29, 1.82) is 0 Å². The zero-order valence-corrected chi connectivity index (χ0v) is 18.6. The summed E-state index contributed by atoms with van der Waals surface area (Å²) in [6.45, 7) is 2.22. The molecule has 168 valence electrons. The van der Waals surface area contributed by atoms with Crippen molar-refractivity contribution in [2.75, 3.05) is 25.5 Å². The molecule has 2 heterocycles. The van der Waals surface area contributed by atoms with Crippen LogP contribution in [0.2, 0.25) is 0 Å². The number of hydrogen-bond donors (Lipinski definition) is 1. The lowest BCUT2D eigenvalue weighted by Gasteiger charge is -2.30. The van der Waals surface area contributed by atoms with Gasteiger partial charge in [0, 0.05) is 37.2 Å². The SMILES string of the molecule is COc1ccc(NC(=O)C2CCN(S(=O)(=O)c3cccc(-c4noc(C)n4)c3)CC2)cc1. The number of hydrogen-bond acceptors (Lipinski definition) is 7. The van der Waals surface area contributed by atoms with E-state index in [0.29, 0.717) is 41.6 Å². The van der Waals surface area contributed by atoms with Gasteiger partial charge in [-0.15, -0.1) is 0 Å². The van der Waals surface area contributed by atoms with Crippen LogP contribution in [0.4, 0.5) is 5.69 Å². The second kappa shape index (κ2) is 9.09. The number of sulfonamides is 1.